The summed E-state index contributed by atoms with van der Waals surface area (Å²) in [6.45, 7) is 1.98. The second-order valence-corrected chi connectivity index (χ2v) is 6.08. The van der Waals surface area contributed by atoms with Gasteiger partial charge in [0.05, 0.1) is 6.54 Å². The first-order valence-electron chi connectivity index (χ1n) is 8.36. The van der Waals surface area contributed by atoms with E-state index < -0.39 is 11.7 Å². The predicted octanol–water partition coefficient (Wildman–Crippen LogP) is 2.20. The van der Waals surface area contributed by atoms with Crippen LogP contribution in [0.5, 0.6) is 0 Å². The molecule has 2 N–H and O–H groups in total. The number of carboxylic acids is 1. The fourth-order valence-corrected chi connectivity index (χ4v) is 3.07. The minimum absolute atomic E-state index is 0.170. The first kappa shape index (κ1) is 17.1. The van der Waals surface area contributed by atoms with Gasteiger partial charge in [-0.05, 0) is 18.2 Å². The maximum Gasteiger partial charge on any atom is 0.373 e. The molecule has 0 spiro atoms. The maximum atomic E-state index is 14.1. The number of rotatable bonds is 5. The number of hydrogen-bond acceptors (Lipinski definition) is 6. The van der Waals surface area contributed by atoms with Crippen molar-refractivity contribution in [2.45, 2.75) is 25.6 Å². The van der Waals surface area contributed by atoms with Gasteiger partial charge in [0.25, 0.3) is 0 Å². The lowest BCUT2D eigenvalue weighted by Gasteiger charge is -2.20. The third kappa shape index (κ3) is 2.81. The smallest absolute Gasteiger partial charge is 0.373 e. The molecule has 0 aliphatic carbocycles. The fraction of sp³-hybridized carbons (Fsp3) is 0.222. The van der Waals surface area contributed by atoms with E-state index in [1.807, 2.05) is 6.92 Å². The minimum atomic E-state index is -1.30. The first-order chi connectivity index (χ1) is 13.0. The highest BCUT2D eigenvalue weighted by Gasteiger charge is 2.43. The zero-order valence-corrected chi connectivity index (χ0v) is 14.4. The van der Waals surface area contributed by atoms with Crippen LogP contribution in [0.15, 0.2) is 47.6 Å². The molecule has 27 heavy (non-hydrogen) atoms. The van der Waals surface area contributed by atoms with E-state index in [4.69, 9.17) is 4.84 Å². The lowest BCUT2D eigenvalue weighted by Crippen LogP contribution is -2.29. The molecule has 1 aliphatic heterocycles. The molecule has 3 aromatic rings. The Hall–Kier alpha value is -3.33. The van der Waals surface area contributed by atoms with Gasteiger partial charge in [-0.3, -0.25) is 0 Å². The van der Waals surface area contributed by atoms with Crippen LogP contribution in [0.2, 0.25) is 0 Å². The number of aliphatic imine (C=N–C) groups is 1. The molecular weight excluding hydrogens is 353 g/mol. The molecule has 1 atom stereocenters. The Kier molecular flexibility index (Phi) is 4.08. The Labute approximate surface area is 153 Å². The minimum Gasteiger partial charge on any atom is -0.475 e. The number of hydroxylamine groups is 1. The molecule has 0 saturated carbocycles. The topological polar surface area (TPSA) is 102 Å². The Bertz CT molecular complexity index is 1060. The number of aromatic nitrogens is 3. The fourth-order valence-electron chi connectivity index (χ4n) is 3.07. The number of aliphatic carboxylic acids is 1. The second kappa shape index (κ2) is 6.44. The molecular formula is C18H16FN5O3. The van der Waals surface area contributed by atoms with Gasteiger partial charge < -0.3 is 5.11 Å². The summed E-state index contributed by atoms with van der Waals surface area (Å²) >= 11 is 0. The Morgan fingerprint density at radius 1 is 1.33 bits per heavy atom. The largest absolute Gasteiger partial charge is 0.475 e. The number of carbonyl (C=O) groups is 1. The molecule has 1 aliphatic rings. The Morgan fingerprint density at radius 3 is 2.85 bits per heavy atom. The van der Waals surface area contributed by atoms with Crippen LogP contribution in [0, 0.1) is 5.82 Å². The predicted molar refractivity (Wildman–Crippen MR) is 94.3 cm³/mol. The second-order valence-electron chi connectivity index (χ2n) is 6.08. The monoisotopic (exact) mass is 369 g/mol. The number of hydrogen-bond donors (Lipinski definition) is 2. The van der Waals surface area contributed by atoms with Crippen LogP contribution >= 0.6 is 0 Å². The van der Waals surface area contributed by atoms with Crippen LogP contribution < -0.4 is 5.48 Å². The summed E-state index contributed by atoms with van der Waals surface area (Å²) < 4.78 is 15.6. The number of carboxylic acid groups (broad SMARTS) is 1. The highest BCUT2D eigenvalue weighted by atomic mass is 19.1. The number of nitrogens with zero attached hydrogens (tertiary/aromatic N) is 4. The number of fused-ring (bicyclic) bond motifs is 1. The standard InChI is InChI=1S/C18H16FN5O3/c1-2-18(21-15(17(25)26)23-27-18)14-12-7-5-9-20-16(12)24(22-14)10-11-6-3-4-8-13(11)19/h3-9H,2,10H2,1H3,(H,21,23)(H,25,26). The molecule has 3 heterocycles. The quantitative estimate of drug-likeness (QED) is 0.715. The van der Waals surface area contributed by atoms with Crippen LogP contribution in [0.3, 0.4) is 0 Å². The third-order valence-corrected chi connectivity index (χ3v) is 4.45. The molecule has 0 radical (unpaired) electrons. The Morgan fingerprint density at radius 2 is 2.15 bits per heavy atom. The van der Waals surface area contributed by atoms with E-state index in [0.717, 1.165) is 0 Å². The van der Waals surface area contributed by atoms with Crippen LogP contribution in [0.4, 0.5) is 4.39 Å². The molecule has 0 amide bonds. The van der Waals surface area contributed by atoms with E-state index in [2.05, 4.69) is 20.6 Å². The summed E-state index contributed by atoms with van der Waals surface area (Å²) in [6.07, 6.45) is 1.96. The van der Waals surface area contributed by atoms with Gasteiger partial charge in [-0.1, -0.05) is 25.1 Å². The van der Waals surface area contributed by atoms with Crippen LogP contribution in [0.1, 0.15) is 24.6 Å². The van der Waals surface area contributed by atoms with Gasteiger partial charge in [0.2, 0.25) is 11.6 Å². The van der Waals surface area contributed by atoms with Crippen LogP contribution in [-0.2, 0) is 21.9 Å². The first-order valence-corrected chi connectivity index (χ1v) is 8.36. The summed E-state index contributed by atoms with van der Waals surface area (Å²) in [6, 6.07) is 9.98. The van der Waals surface area contributed by atoms with Crippen molar-refractivity contribution < 1.29 is 19.1 Å². The average Bonchev–Trinajstić information content (AvgIpc) is 3.27. The van der Waals surface area contributed by atoms with Crippen molar-refractivity contribution in [2.75, 3.05) is 0 Å². The van der Waals surface area contributed by atoms with Crippen LogP contribution in [0.25, 0.3) is 11.0 Å². The SMILES string of the molecule is CCC1(c2nn(Cc3ccccc3F)c3ncccc23)N=C(C(=O)O)NO1. The van der Waals surface area contributed by atoms with Crippen molar-refractivity contribution in [3.63, 3.8) is 0 Å². The molecule has 0 fully saturated rings. The van der Waals surface area contributed by atoms with E-state index in [9.17, 15) is 14.3 Å². The Balaban J connectivity index is 1.85. The number of nitrogens with one attached hydrogen (secondary N) is 1. The maximum absolute atomic E-state index is 14.1. The zero-order valence-electron chi connectivity index (χ0n) is 14.4. The van der Waals surface area contributed by atoms with Gasteiger partial charge in [0, 0.05) is 23.6 Å². The third-order valence-electron chi connectivity index (χ3n) is 4.45. The molecule has 9 heteroatoms. The molecule has 8 nitrogen and oxygen atoms in total. The number of halogens is 1. The number of benzene rings is 1. The lowest BCUT2D eigenvalue weighted by atomic mass is 10.0. The molecule has 4 rings (SSSR count). The summed E-state index contributed by atoms with van der Waals surface area (Å²) in [5.41, 5.74) is 2.47. The highest BCUT2D eigenvalue weighted by molar-refractivity contribution is 6.34. The van der Waals surface area contributed by atoms with E-state index in [1.165, 1.54) is 6.07 Å². The summed E-state index contributed by atoms with van der Waals surface area (Å²) in [7, 11) is 0. The molecule has 138 valence electrons. The molecule has 2 aromatic heterocycles. The van der Waals surface area contributed by atoms with Gasteiger partial charge >= 0.3 is 5.97 Å². The van der Waals surface area contributed by atoms with E-state index in [0.29, 0.717) is 28.7 Å². The van der Waals surface area contributed by atoms with Crippen molar-refractivity contribution in [3.8, 4) is 0 Å². The number of pyridine rings is 1. The van der Waals surface area contributed by atoms with Crippen molar-refractivity contribution in [1.82, 2.24) is 20.2 Å². The summed E-state index contributed by atoms with van der Waals surface area (Å²) in [5, 5.41) is 14.4. The van der Waals surface area contributed by atoms with Crippen molar-refractivity contribution in [1.29, 1.82) is 0 Å². The van der Waals surface area contributed by atoms with Crippen LogP contribution in [-0.4, -0.2) is 31.7 Å². The van der Waals surface area contributed by atoms with Gasteiger partial charge in [-0.2, -0.15) is 5.10 Å². The van der Waals surface area contributed by atoms with Gasteiger partial charge in [0.15, 0.2) is 5.65 Å². The summed E-state index contributed by atoms with van der Waals surface area (Å²) in [4.78, 5) is 25.3. The van der Waals surface area contributed by atoms with Crippen molar-refractivity contribution >= 4 is 22.8 Å². The van der Waals surface area contributed by atoms with E-state index in [-0.39, 0.29) is 18.2 Å². The molecule has 1 aromatic carbocycles. The van der Waals surface area contributed by atoms with Gasteiger partial charge in [-0.25, -0.2) is 34.2 Å². The summed E-state index contributed by atoms with van der Waals surface area (Å²) in [5.74, 6) is -1.86. The van der Waals surface area contributed by atoms with E-state index >= 15 is 0 Å². The zero-order chi connectivity index (χ0) is 19.0. The molecule has 1 unspecified atom stereocenters. The average molecular weight is 369 g/mol. The van der Waals surface area contributed by atoms with Crippen molar-refractivity contribution in [3.05, 3.63) is 59.7 Å². The number of amidine groups is 1. The van der Waals surface area contributed by atoms with Crippen molar-refractivity contribution in [2.24, 2.45) is 4.99 Å². The van der Waals surface area contributed by atoms with Gasteiger partial charge in [-0.15, -0.1) is 0 Å². The normalized spacial score (nSPS) is 19.1. The highest BCUT2D eigenvalue weighted by Crippen LogP contribution is 2.36. The van der Waals surface area contributed by atoms with E-state index in [1.54, 1.807) is 41.2 Å². The molecule has 0 bridgehead atoms. The molecule has 0 saturated heterocycles. The van der Waals surface area contributed by atoms with Gasteiger partial charge in [0.1, 0.15) is 11.5 Å². The lowest BCUT2D eigenvalue weighted by molar-refractivity contribution is -0.130.